The molecule has 0 aromatic heterocycles. The van der Waals surface area contributed by atoms with Gasteiger partial charge in [-0.2, -0.15) is 4.31 Å². The molecule has 0 fully saturated rings. The SMILES string of the molecule is CCC(CC)N(C)S(=O)(=O)c1cc(CCl)cc(F)c1F. The number of hydrogen-bond donors (Lipinski definition) is 0. The first-order chi connectivity index (χ1) is 9.29. The molecule has 0 amide bonds. The van der Waals surface area contributed by atoms with Gasteiger partial charge in [-0.15, -0.1) is 11.6 Å². The van der Waals surface area contributed by atoms with Crippen LogP contribution in [0.15, 0.2) is 17.0 Å². The maximum atomic E-state index is 13.8. The Bertz CT molecular complexity index is 574. The number of rotatable bonds is 6. The molecule has 1 rings (SSSR count). The molecule has 0 atom stereocenters. The molecule has 0 N–H and O–H groups in total. The molecular weight excluding hydrogens is 308 g/mol. The smallest absolute Gasteiger partial charge is 0.207 e. The van der Waals surface area contributed by atoms with Crippen LogP contribution in [0, 0.1) is 11.6 Å². The third-order valence-corrected chi connectivity index (χ3v) is 5.54. The summed E-state index contributed by atoms with van der Waals surface area (Å²) in [5.74, 6) is -2.66. The zero-order chi connectivity index (χ0) is 15.5. The van der Waals surface area contributed by atoms with Crippen LogP contribution in [0.4, 0.5) is 8.78 Å². The van der Waals surface area contributed by atoms with Gasteiger partial charge in [-0.25, -0.2) is 17.2 Å². The van der Waals surface area contributed by atoms with E-state index >= 15 is 0 Å². The van der Waals surface area contributed by atoms with Gasteiger partial charge in [0.25, 0.3) is 0 Å². The predicted molar refractivity (Wildman–Crippen MR) is 75.2 cm³/mol. The largest absolute Gasteiger partial charge is 0.246 e. The molecule has 1 aromatic rings. The van der Waals surface area contributed by atoms with E-state index in [1.54, 1.807) is 0 Å². The van der Waals surface area contributed by atoms with Gasteiger partial charge in [-0.3, -0.25) is 0 Å². The number of nitrogens with zero attached hydrogens (tertiary/aromatic N) is 1. The third-order valence-electron chi connectivity index (χ3n) is 3.32. The fraction of sp³-hybridized carbons (Fsp3) is 0.538. The molecule has 0 aliphatic heterocycles. The van der Waals surface area contributed by atoms with E-state index in [2.05, 4.69) is 0 Å². The Hall–Kier alpha value is -0.720. The number of sulfonamides is 1. The van der Waals surface area contributed by atoms with Crippen molar-refractivity contribution in [2.45, 2.75) is 43.5 Å². The van der Waals surface area contributed by atoms with Crippen LogP contribution < -0.4 is 0 Å². The topological polar surface area (TPSA) is 37.4 Å². The highest BCUT2D eigenvalue weighted by molar-refractivity contribution is 7.89. The van der Waals surface area contributed by atoms with E-state index < -0.39 is 26.6 Å². The molecule has 3 nitrogen and oxygen atoms in total. The average Bonchev–Trinajstić information content (AvgIpc) is 2.42. The van der Waals surface area contributed by atoms with Gasteiger partial charge in [0.05, 0.1) is 0 Å². The molecule has 0 heterocycles. The van der Waals surface area contributed by atoms with Crippen molar-refractivity contribution in [3.8, 4) is 0 Å². The minimum absolute atomic E-state index is 0.0889. The summed E-state index contributed by atoms with van der Waals surface area (Å²) in [7, 11) is -2.72. The van der Waals surface area contributed by atoms with E-state index in [4.69, 9.17) is 11.6 Å². The van der Waals surface area contributed by atoms with Crippen LogP contribution in [0.1, 0.15) is 32.3 Å². The quantitative estimate of drug-likeness (QED) is 0.751. The first-order valence-corrected chi connectivity index (χ1v) is 8.28. The van der Waals surface area contributed by atoms with Crippen LogP contribution in [-0.2, 0) is 15.9 Å². The number of hydrogen-bond acceptors (Lipinski definition) is 2. The third kappa shape index (κ3) is 3.30. The molecule has 20 heavy (non-hydrogen) atoms. The molecule has 0 aliphatic carbocycles. The molecule has 0 bridgehead atoms. The van der Waals surface area contributed by atoms with Gasteiger partial charge in [-0.1, -0.05) is 13.8 Å². The van der Waals surface area contributed by atoms with Gasteiger partial charge in [-0.05, 0) is 30.5 Å². The summed E-state index contributed by atoms with van der Waals surface area (Å²) >= 11 is 5.57. The Morgan fingerprint density at radius 3 is 2.25 bits per heavy atom. The molecule has 0 radical (unpaired) electrons. The van der Waals surface area contributed by atoms with Gasteiger partial charge in [0.1, 0.15) is 4.90 Å². The van der Waals surface area contributed by atoms with E-state index in [0.717, 1.165) is 16.4 Å². The molecule has 0 unspecified atom stereocenters. The van der Waals surface area contributed by atoms with Gasteiger partial charge >= 0.3 is 0 Å². The lowest BCUT2D eigenvalue weighted by Gasteiger charge is -2.25. The van der Waals surface area contributed by atoms with Crippen molar-refractivity contribution in [3.63, 3.8) is 0 Å². The summed E-state index contributed by atoms with van der Waals surface area (Å²) in [6.07, 6.45) is 1.18. The normalized spacial score (nSPS) is 12.4. The van der Waals surface area contributed by atoms with Crippen LogP contribution in [0.5, 0.6) is 0 Å². The Kier molecular flexibility index (Phi) is 5.91. The Morgan fingerprint density at radius 2 is 1.80 bits per heavy atom. The number of alkyl halides is 1. The van der Waals surface area contributed by atoms with Crippen molar-refractivity contribution < 1.29 is 17.2 Å². The molecule has 0 aliphatic rings. The molecule has 0 saturated heterocycles. The van der Waals surface area contributed by atoms with Gasteiger partial charge in [0.15, 0.2) is 11.6 Å². The Balaban J connectivity index is 3.38. The lowest BCUT2D eigenvalue weighted by molar-refractivity contribution is 0.347. The molecular formula is C13H18ClF2NO2S. The number of halogens is 3. The van der Waals surface area contributed by atoms with E-state index in [9.17, 15) is 17.2 Å². The fourth-order valence-corrected chi connectivity index (χ4v) is 3.82. The monoisotopic (exact) mass is 325 g/mol. The van der Waals surface area contributed by atoms with E-state index in [-0.39, 0.29) is 17.5 Å². The lowest BCUT2D eigenvalue weighted by atomic mass is 10.2. The van der Waals surface area contributed by atoms with Crippen molar-refractivity contribution in [1.82, 2.24) is 4.31 Å². The second-order valence-electron chi connectivity index (χ2n) is 4.51. The minimum Gasteiger partial charge on any atom is -0.207 e. The van der Waals surface area contributed by atoms with Gasteiger partial charge in [0.2, 0.25) is 10.0 Å². The van der Waals surface area contributed by atoms with Crippen LogP contribution in [0.25, 0.3) is 0 Å². The zero-order valence-electron chi connectivity index (χ0n) is 11.7. The van der Waals surface area contributed by atoms with Crippen LogP contribution in [0.2, 0.25) is 0 Å². The van der Waals surface area contributed by atoms with Crippen LogP contribution in [-0.4, -0.2) is 25.8 Å². The van der Waals surface area contributed by atoms with Crippen molar-refractivity contribution >= 4 is 21.6 Å². The average molecular weight is 326 g/mol. The summed E-state index contributed by atoms with van der Waals surface area (Å²) < 4.78 is 53.2. The van der Waals surface area contributed by atoms with Crippen molar-refractivity contribution in [1.29, 1.82) is 0 Å². The maximum absolute atomic E-state index is 13.8. The molecule has 0 saturated carbocycles. The fourth-order valence-electron chi connectivity index (χ4n) is 2.04. The molecule has 114 valence electrons. The standard InChI is InChI=1S/C13H18ClF2NO2S/c1-4-10(5-2)17(3)20(18,19)12-7-9(8-14)6-11(15)13(12)16/h6-7,10H,4-5,8H2,1-3H3. The summed E-state index contributed by atoms with van der Waals surface area (Å²) in [6, 6.07) is 1.72. The van der Waals surface area contributed by atoms with E-state index in [0.29, 0.717) is 12.8 Å². The number of benzene rings is 1. The lowest BCUT2D eigenvalue weighted by Crippen LogP contribution is -2.36. The zero-order valence-corrected chi connectivity index (χ0v) is 13.2. The molecule has 0 spiro atoms. The Labute approximate surface area is 123 Å². The predicted octanol–water partition coefficient (Wildman–Crippen LogP) is 3.51. The van der Waals surface area contributed by atoms with Crippen LogP contribution >= 0.6 is 11.6 Å². The van der Waals surface area contributed by atoms with E-state index in [1.165, 1.54) is 7.05 Å². The molecule has 1 aromatic carbocycles. The Morgan fingerprint density at radius 1 is 1.25 bits per heavy atom. The summed E-state index contributed by atoms with van der Waals surface area (Å²) in [5, 5.41) is 0. The molecule has 7 heteroatoms. The van der Waals surface area contributed by atoms with E-state index in [1.807, 2.05) is 13.8 Å². The summed E-state index contributed by atoms with van der Waals surface area (Å²) in [4.78, 5) is -0.664. The summed E-state index contributed by atoms with van der Waals surface area (Å²) in [6.45, 7) is 3.68. The highest BCUT2D eigenvalue weighted by Crippen LogP contribution is 2.25. The second kappa shape index (κ2) is 6.83. The highest BCUT2D eigenvalue weighted by Gasteiger charge is 2.30. The first kappa shape index (κ1) is 17.3. The highest BCUT2D eigenvalue weighted by atomic mass is 35.5. The van der Waals surface area contributed by atoms with Gasteiger partial charge < -0.3 is 0 Å². The van der Waals surface area contributed by atoms with Crippen molar-refractivity contribution in [2.24, 2.45) is 0 Å². The summed E-state index contributed by atoms with van der Waals surface area (Å²) in [5.41, 5.74) is 0.224. The van der Waals surface area contributed by atoms with Gasteiger partial charge in [0, 0.05) is 19.0 Å². The van der Waals surface area contributed by atoms with Crippen LogP contribution in [0.3, 0.4) is 0 Å². The minimum atomic E-state index is -4.09. The van der Waals surface area contributed by atoms with Crippen molar-refractivity contribution in [3.05, 3.63) is 29.3 Å². The second-order valence-corrected chi connectivity index (χ2v) is 6.75. The maximum Gasteiger partial charge on any atom is 0.246 e. The van der Waals surface area contributed by atoms with Crippen molar-refractivity contribution in [2.75, 3.05) is 7.05 Å². The first-order valence-electron chi connectivity index (χ1n) is 6.31.